The molecule has 0 saturated heterocycles. The fourth-order valence-electron chi connectivity index (χ4n) is 2.63. The van der Waals surface area contributed by atoms with Gasteiger partial charge in [0, 0.05) is 17.6 Å². The van der Waals surface area contributed by atoms with Gasteiger partial charge in [-0.25, -0.2) is 0 Å². The number of halogens is 3. The Morgan fingerprint density at radius 1 is 1.45 bits per heavy atom. The standard InChI is InChI=1S/C14H20F3NO2/c1-10(11-5-6-19-8-11)18-12-3-2-4-13(7-12)20-9-14(15,16)17/h5-6,8,10,12-13,18H,2-4,7,9H2,1H3. The van der Waals surface area contributed by atoms with Crippen LogP contribution in [0.1, 0.15) is 44.2 Å². The van der Waals surface area contributed by atoms with Gasteiger partial charge in [-0.3, -0.25) is 0 Å². The van der Waals surface area contributed by atoms with Gasteiger partial charge in [-0.15, -0.1) is 0 Å². The quantitative estimate of drug-likeness (QED) is 0.895. The summed E-state index contributed by atoms with van der Waals surface area (Å²) in [6.45, 7) is 0.868. The van der Waals surface area contributed by atoms with Crippen molar-refractivity contribution in [3.63, 3.8) is 0 Å². The van der Waals surface area contributed by atoms with Crippen LogP contribution in [-0.2, 0) is 4.74 Å². The van der Waals surface area contributed by atoms with Crippen LogP contribution in [-0.4, -0.2) is 24.9 Å². The molecule has 1 N–H and O–H groups in total. The second-order valence-electron chi connectivity index (χ2n) is 5.36. The Balaban J connectivity index is 1.78. The molecule has 114 valence electrons. The Hall–Kier alpha value is -1.01. The smallest absolute Gasteiger partial charge is 0.411 e. The zero-order valence-electron chi connectivity index (χ0n) is 11.5. The lowest BCUT2D eigenvalue weighted by molar-refractivity contribution is -0.188. The van der Waals surface area contributed by atoms with Crippen molar-refractivity contribution in [2.24, 2.45) is 0 Å². The fraction of sp³-hybridized carbons (Fsp3) is 0.714. The van der Waals surface area contributed by atoms with Crippen molar-refractivity contribution in [3.05, 3.63) is 24.2 Å². The van der Waals surface area contributed by atoms with Crippen molar-refractivity contribution in [1.29, 1.82) is 0 Å². The van der Waals surface area contributed by atoms with E-state index in [4.69, 9.17) is 9.15 Å². The molecule has 0 amide bonds. The van der Waals surface area contributed by atoms with E-state index in [-0.39, 0.29) is 18.2 Å². The van der Waals surface area contributed by atoms with E-state index in [1.807, 2.05) is 13.0 Å². The summed E-state index contributed by atoms with van der Waals surface area (Å²) in [5.74, 6) is 0. The number of nitrogens with one attached hydrogen (secondary N) is 1. The monoisotopic (exact) mass is 291 g/mol. The molecule has 1 heterocycles. The van der Waals surface area contributed by atoms with Crippen LogP contribution in [0.25, 0.3) is 0 Å². The third-order valence-electron chi connectivity index (χ3n) is 3.64. The van der Waals surface area contributed by atoms with E-state index in [0.29, 0.717) is 12.8 Å². The lowest BCUT2D eigenvalue weighted by Crippen LogP contribution is -2.39. The summed E-state index contributed by atoms with van der Waals surface area (Å²) in [6.07, 6.45) is 1.92. The molecule has 1 aliphatic rings. The second-order valence-corrected chi connectivity index (χ2v) is 5.36. The summed E-state index contributed by atoms with van der Waals surface area (Å²) in [5.41, 5.74) is 1.04. The van der Waals surface area contributed by atoms with Gasteiger partial charge < -0.3 is 14.5 Å². The molecule has 2 rings (SSSR count). The van der Waals surface area contributed by atoms with Gasteiger partial charge in [0.2, 0.25) is 0 Å². The molecule has 3 atom stereocenters. The van der Waals surface area contributed by atoms with E-state index < -0.39 is 12.8 Å². The summed E-state index contributed by atoms with van der Waals surface area (Å²) in [7, 11) is 0. The van der Waals surface area contributed by atoms with Gasteiger partial charge >= 0.3 is 6.18 Å². The average molecular weight is 291 g/mol. The van der Waals surface area contributed by atoms with Crippen molar-refractivity contribution in [3.8, 4) is 0 Å². The number of hydrogen-bond acceptors (Lipinski definition) is 3. The zero-order valence-corrected chi connectivity index (χ0v) is 11.5. The largest absolute Gasteiger partial charge is 0.472 e. The van der Waals surface area contributed by atoms with Crippen molar-refractivity contribution in [2.45, 2.75) is 57.0 Å². The van der Waals surface area contributed by atoms with E-state index >= 15 is 0 Å². The molecule has 0 radical (unpaired) electrons. The molecule has 3 nitrogen and oxygen atoms in total. The number of rotatable bonds is 5. The maximum absolute atomic E-state index is 12.2. The Labute approximate surface area is 116 Å². The third kappa shape index (κ3) is 4.83. The van der Waals surface area contributed by atoms with Crippen LogP contribution in [0.2, 0.25) is 0 Å². The predicted octanol–water partition coefficient (Wildman–Crippen LogP) is 3.82. The molecule has 1 aromatic heterocycles. The highest BCUT2D eigenvalue weighted by Gasteiger charge is 2.31. The van der Waals surface area contributed by atoms with Crippen molar-refractivity contribution in [2.75, 3.05) is 6.61 Å². The van der Waals surface area contributed by atoms with E-state index in [1.165, 1.54) is 0 Å². The molecule has 20 heavy (non-hydrogen) atoms. The highest BCUT2D eigenvalue weighted by Crippen LogP contribution is 2.26. The normalized spacial score (nSPS) is 25.6. The first kappa shape index (κ1) is 15.4. The minimum atomic E-state index is -4.25. The molecule has 0 aromatic carbocycles. The molecular weight excluding hydrogens is 271 g/mol. The number of alkyl halides is 3. The van der Waals surface area contributed by atoms with Crippen LogP contribution in [0.4, 0.5) is 13.2 Å². The van der Waals surface area contributed by atoms with Crippen molar-refractivity contribution < 1.29 is 22.3 Å². The van der Waals surface area contributed by atoms with Crippen molar-refractivity contribution >= 4 is 0 Å². The predicted molar refractivity (Wildman–Crippen MR) is 68.3 cm³/mol. The van der Waals surface area contributed by atoms with Crippen LogP contribution < -0.4 is 5.32 Å². The fourth-order valence-corrected chi connectivity index (χ4v) is 2.63. The highest BCUT2D eigenvalue weighted by molar-refractivity contribution is 5.10. The SMILES string of the molecule is CC(NC1CCCC(OCC(F)(F)F)C1)c1ccoc1. The zero-order chi connectivity index (χ0) is 14.6. The molecule has 0 spiro atoms. The molecule has 1 aromatic rings. The average Bonchev–Trinajstić information content (AvgIpc) is 2.90. The van der Waals surface area contributed by atoms with E-state index in [9.17, 15) is 13.2 Å². The topological polar surface area (TPSA) is 34.4 Å². The van der Waals surface area contributed by atoms with Crippen LogP contribution in [0.15, 0.2) is 23.0 Å². The number of hydrogen-bond donors (Lipinski definition) is 1. The van der Waals surface area contributed by atoms with Crippen LogP contribution in [0, 0.1) is 0 Å². The number of furan rings is 1. The Bertz CT molecular complexity index is 392. The summed E-state index contributed by atoms with van der Waals surface area (Å²) in [5, 5.41) is 3.43. The molecule has 0 bridgehead atoms. The Kier molecular flexibility index (Phi) is 5.10. The highest BCUT2D eigenvalue weighted by atomic mass is 19.4. The van der Waals surface area contributed by atoms with Crippen molar-refractivity contribution in [1.82, 2.24) is 5.32 Å². The van der Waals surface area contributed by atoms with Gasteiger partial charge in [-0.2, -0.15) is 13.2 Å². The molecule has 0 aliphatic heterocycles. The first-order valence-corrected chi connectivity index (χ1v) is 6.90. The van der Waals surface area contributed by atoms with Gasteiger partial charge in [-0.1, -0.05) is 0 Å². The first-order chi connectivity index (χ1) is 9.44. The lowest BCUT2D eigenvalue weighted by atomic mass is 9.92. The summed E-state index contributed by atoms with van der Waals surface area (Å²) in [4.78, 5) is 0. The maximum Gasteiger partial charge on any atom is 0.411 e. The van der Waals surface area contributed by atoms with E-state index in [2.05, 4.69) is 5.32 Å². The summed E-state index contributed by atoms with van der Waals surface area (Å²) in [6, 6.07) is 2.20. The Morgan fingerprint density at radius 3 is 2.90 bits per heavy atom. The molecular formula is C14H20F3NO2. The van der Waals surface area contributed by atoms with E-state index in [0.717, 1.165) is 18.4 Å². The first-order valence-electron chi connectivity index (χ1n) is 6.90. The van der Waals surface area contributed by atoms with Crippen LogP contribution >= 0.6 is 0 Å². The van der Waals surface area contributed by atoms with Gasteiger partial charge in [0.1, 0.15) is 6.61 Å². The third-order valence-corrected chi connectivity index (χ3v) is 3.64. The van der Waals surface area contributed by atoms with Gasteiger partial charge in [-0.05, 0) is 38.7 Å². The molecule has 1 fully saturated rings. The number of ether oxygens (including phenoxy) is 1. The van der Waals surface area contributed by atoms with Gasteiger partial charge in [0.15, 0.2) is 0 Å². The van der Waals surface area contributed by atoms with E-state index in [1.54, 1.807) is 12.5 Å². The van der Waals surface area contributed by atoms with Gasteiger partial charge in [0.05, 0.1) is 18.6 Å². The minimum Gasteiger partial charge on any atom is -0.472 e. The maximum atomic E-state index is 12.2. The molecule has 1 saturated carbocycles. The molecule has 6 heteroatoms. The summed E-state index contributed by atoms with van der Waals surface area (Å²) < 4.78 is 46.5. The molecule has 3 unspecified atom stereocenters. The lowest BCUT2D eigenvalue weighted by Gasteiger charge is -2.31. The second kappa shape index (κ2) is 6.63. The summed E-state index contributed by atoms with van der Waals surface area (Å²) >= 11 is 0. The van der Waals surface area contributed by atoms with Crippen LogP contribution in [0.3, 0.4) is 0 Å². The minimum absolute atomic E-state index is 0.125. The van der Waals surface area contributed by atoms with Gasteiger partial charge in [0.25, 0.3) is 0 Å². The Morgan fingerprint density at radius 2 is 2.25 bits per heavy atom. The molecule has 1 aliphatic carbocycles. The van der Waals surface area contributed by atoms with Crippen LogP contribution in [0.5, 0.6) is 0 Å².